The first-order valence-electron chi connectivity index (χ1n) is 12.8. The molecule has 4 aromatic carbocycles. The lowest BCUT2D eigenvalue weighted by molar-refractivity contribution is 0.0947. The molecular formula is C32H24N6O3. The second-order valence-corrected chi connectivity index (χ2v) is 9.20. The molecule has 0 radical (unpaired) electrons. The van der Waals surface area contributed by atoms with Crippen LogP contribution in [-0.2, 0) is 0 Å². The average Bonchev–Trinajstić information content (AvgIpc) is 3.67. The molecule has 0 unspecified atom stereocenters. The van der Waals surface area contributed by atoms with Crippen LogP contribution >= 0.6 is 0 Å². The SMILES string of the molecule is O=C(N/N=C/c1ccc2[nH]ccc2c1)c1ccc(Oc2ccc(C(=O)N/N=C/c3ccc4[nH]ccc4c3)cc2)cc1. The van der Waals surface area contributed by atoms with Crippen LogP contribution in [0.25, 0.3) is 21.8 Å². The summed E-state index contributed by atoms with van der Waals surface area (Å²) in [6, 6.07) is 29.0. The summed E-state index contributed by atoms with van der Waals surface area (Å²) < 4.78 is 5.85. The molecule has 0 aliphatic heterocycles. The zero-order chi connectivity index (χ0) is 28.0. The van der Waals surface area contributed by atoms with Gasteiger partial charge in [0.25, 0.3) is 11.8 Å². The molecule has 6 aromatic rings. The maximum Gasteiger partial charge on any atom is 0.271 e. The number of hydrazone groups is 2. The number of ether oxygens (including phenoxy) is 1. The topological polar surface area (TPSA) is 124 Å². The van der Waals surface area contributed by atoms with E-state index in [1.807, 2.05) is 60.9 Å². The van der Waals surface area contributed by atoms with Crippen LogP contribution in [0, 0.1) is 0 Å². The number of aromatic amines is 2. The van der Waals surface area contributed by atoms with Gasteiger partial charge < -0.3 is 14.7 Å². The van der Waals surface area contributed by atoms with Gasteiger partial charge in [-0.25, -0.2) is 10.9 Å². The maximum absolute atomic E-state index is 12.5. The van der Waals surface area contributed by atoms with Crippen molar-refractivity contribution in [3.63, 3.8) is 0 Å². The number of aromatic nitrogens is 2. The molecule has 9 nitrogen and oxygen atoms in total. The molecule has 6 rings (SSSR count). The number of benzene rings is 4. The number of H-pyrrole nitrogens is 2. The fourth-order valence-corrected chi connectivity index (χ4v) is 4.25. The Morgan fingerprint density at radius 1 is 0.585 bits per heavy atom. The summed E-state index contributed by atoms with van der Waals surface area (Å²) >= 11 is 0. The van der Waals surface area contributed by atoms with Gasteiger partial charge in [0.2, 0.25) is 0 Å². The zero-order valence-electron chi connectivity index (χ0n) is 21.7. The molecule has 2 aromatic heterocycles. The molecule has 0 saturated heterocycles. The molecule has 0 saturated carbocycles. The highest BCUT2D eigenvalue weighted by Gasteiger charge is 2.07. The number of nitrogens with one attached hydrogen (secondary N) is 4. The van der Waals surface area contributed by atoms with Gasteiger partial charge in [-0.15, -0.1) is 0 Å². The van der Waals surface area contributed by atoms with Crippen molar-refractivity contribution in [2.45, 2.75) is 0 Å². The fraction of sp³-hybridized carbons (Fsp3) is 0. The summed E-state index contributed by atoms with van der Waals surface area (Å²) in [6.07, 6.45) is 6.95. The number of carbonyl (C=O) groups is 2. The highest BCUT2D eigenvalue weighted by molar-refractivity contribution is 5.96. The summed E-state index contributed by atoms with van der Waals surface area (Å²) in [7, 11) is 0. The zero-order valence-corrected chi connectivity index (χ0v) is 21.7. The van der Waals surface area contributed by atoms with Gasteiger partial charge in [-0.3, -0.25) is 9.59 Å². The first-order chi connectivity index (χ1) is 20.1. The van der Waals surface area contributed by atoms with E-state index < -0.39 is 0 Å². The van der Waals surface area contributed by atoms with E-state index in [0.717, 1.165) is 32.9 Å². The lowest BCUT2D eigenvalue weighted by Gasteiger charge is -2.07. The van der Waals surface area contributed by atoms with Crippen molar-refractivity contribution >= 4 is 46.0 Å². The number of hydrogen-bond donors (Lipinski definition) is 4. The minimum Gasteiger partial charge on any atom is -0.457 e. The molecule has 0 bridgehead atoms. The van der Waals surface area contributed by atoms with Crippen molar-refractivity contribution < 1.29 is 14.3 Å². The van der Waals surface area contributed by atoms with Crippen LogP contribution in [0.2, 0.25) is 0 Å². The van der Waals surface area contributed by atoms with Crippen LogP contribution in [-0.4, -0.2) is 34.2 Å². The third-order valence-corrected chi connectivity index (χ3v) is 6.38. The fourth-order valence-electron chi connectivity index (χ4n) is 4.25. The quantitative estimate of drug-likeness (QED) is 0.140. The van der Waals surface area contributed by atoms with Crippen LogP contribution in [0.5, 0.6) is 11.5 Å². The molecule has 2 heterocycles. The van der Waals surface area contributed by atoms with E-state index in [0.29, 0.717) is 22.6 Å². The van der Waals surface area contributed by atoms with Gasteiger partial charge in [-0.05, 0) is 107 Å². The number of nitrogens with zero attached hydrogens (tertiary/aromatic N) is 2. The van der Waals surface area contributed by atoms with E-state index in [1.165, 1.54) is 0 Å². The Hall–Kier alpha value is -5.96. The van der Waals surface area contributed by atoms with E-state index in [4.69, 9.17) is 4.74 Å². The second kappa shape index (κ2) is 11.4. The van der Waals surface area contributed by atoms with E-state index in [9.17, 15) is 9.59 Å². The standard InChI is InChI=1S/C32H24N6O3/c39-31(37-35-19-21-1-11-29-25(17-21)13-15-33-29)23-3-7-27(8-4-23)41-28-9-5-24(6-10-28)32(40)38-36-20-22-2-12-30-26(18-22)14-16-34-30/h1-20,33-34H,(H,37,39)(H,38,40)/b35-19+,36-20+. The summed E-state index contributed by atoms with van der Waals surface area (Å²) in [4.78, 5) is 31.2. The van der Waals surface area contributed by atoms with Crippen molar-refractivity contribution in [1.82, 2.24) is 20.8 Å². The highest BCUT2D eigenvalue weighted by atomic mass is 16.5. The Labute approximate surface area is 234 Å². The van der Waals surface area contributed by atoms with Crippen molar-refractivity contribution in [3.05, 3.63) is 132 Å². The van der Waals surface area contributed by atoms with Crippen LogP contribution in [0.15, 0.2) is 120 Å². The summed E-state index contributed by atoms with van der Waals surface area (Å²) in [5.74, 6) is 0.425. The van der Waals surface area contributed by atoms with Crippen molar-refractivity contribution in [1.29, 1.82) is 0 Å². The lowest BCUT2D eigenvalue weighted by Crippen LogP contribution is -2.17. The van der Waals surface area contributed by atoms with Crippen LogP contribution in [0.1, 0.15) is 31.8 Å². The first kappa shape index (κ1) is 25.3. The molecule has 41 heavy (non-hydrogen) atoms. The first-order valence-corrected chi connectivity index (χ1v) is 12.8. The number of amides is 2. The van der Waals surface area contributed by atoms with Gasteiger partial charge in [0.15, 0.2) is 0 Å². The van der Waals surface area contributed by atoms with Crippen LogP contribution in [0.3, 0.4) is 0 Å². The maximum atomic E-state index is 12.5. The van der Waals surface area contributed by atoms with Gasteiger partial charge >= 0.3 is 0 Å². The molecule has 2 amide bonds. The molecule has 4 N–H and O–H groups in total. The van der Waals surface area contributed by atoms with Crippen LogP contribution < -0.4 is 15.6 Å². The number of carbonyl (C=O) groups excluding carboxylic acids is 2. The molecule has 0 spiro atoms. The van der Waals surface area contributed by atoms with Crippen molar-refractivity contribution in [2.75, 3.05) is 0 Å². The van der Waals surface area contributed by atoms with Gasteiger partial charge in [-0.1, -0.05) is 12.1 Å². The predicted molar refractivity (Wildman–Crippen MR) is 160 cm³/mol. The van der Waals surface area contributed by atoms with E-state index in [2.05, 4.69) is 31.0 Å². The van der Waals surface area contributed by atoms with Gasteiger partial charge in [-0.2, -0.15) is 10.2 Å². The van der Waals surface area contributed by atoms with Gasteiger partial charge in [0.1, 0.15) is 11.5 Å². The summed E-state index contributed by atoms with van der Waals surface area (Å²) in [6.45, 7) is 0. The largest absolute Gasteiger partial charge is 0.457 e. The van der Waals surface area contributed by atoms with Crippen molar-refractivity contribution in [3.8, 4) is 11.5 Å². The molecule has 0 fully saturated rings. The predicted octanol–water partition coefficient (Wildman–Crippen LogP) is 5.97. The number of hydrogen-bond acceptors (Lipinski definition) is 5. The third kappa shape index (κ3) is 6.04. The minimum atomic E-state index is -0.335. The molecule has 0 aliphatic carbocycles. The summed E-state index contributed by atoms with van der Waals surface area (Å²) in [5.41, 5.74) is 9.79. The third-order valence-electron chi connectivity index (χ3n) is 6.38. The number of fused-ring (bicyclic) bond motifs is 2. The van der Waals surface area contributed by atoms with E-state index >= 15 is 0 Å². The molecule has 0 aliphatic rings. The van der Waals surface area contributed by atoms with E-state index in [1.54, 1.807) is 61.0 Å². The summed E-state index contributed by atoms with van der Waals surface area (Å²) in [5, 5.41) is 10.3. The lowest BCUT2D eigenvalue weighted by atomic mass is 10.2. The highest BCUT2D eigenvalue weighted by Crippen LogP contribution is 2.22. The number of rotatable bonds is 8. The normalized spacial score (nSPS) is 11.4. The Bertz CT molecular complexity index is 1760. The van der Waals surface area contributed by atoms with Crippen LogP contribution in [0.4, 0.5) is 0 Å². The Balaban J connectivity index is 0.997. The average molecular weight is 541 g/mol. The smallest absolute Gasteiger partial charge is 0.271 e. The Morgan fingerprint density at radius 3 is 1.46 bits per heavy atom. The van der Waals surface area contributed by atoms with E-state index in [-0.39, 0.29) is 11.8 Å². The Kier molecular flexibility index (Phi) is 7.05. The van der Waals surface area contributed by atoms with Gasteiger partial charge in [0.05, 0.1) is 12.4 Å². The Morgan fingerprint density at radius 2 is 1.02 bits per heavy atom. The molecule has 9 heteroatoms. The second-order valence-electron chi connectivity index (χ2n) is 9.20. The monoisotopic (exact) mass is 540 g/mol. The molecule has 0 atom stereocenters. The van der Waals surface area contributed by atoms with Gasteiger partial charge in [0, 0.05) is 34.6 Å². The molecule has 200 valence electrons. The van der Waals surface area contributed by atoms with Crippen molar-refractivity contribution in [2.24, 2.45) is 10.2 Å². The minimum absolute atomic E-state index is 0.335. The molecular weight excluding hydrogens is 516 g/mol.